The van der Waals surface area contributed by atoms with Gasteiger partial charge in [0.15, 0.2) is 0 Å². The molecule has 1 saturated carbocycles. The maximum Gasteiger partial charge on any atom is 0.243 e. The third-order valence-electron chi connectivity index (χ3n) is 2.66. The van der Waals surface area contributed by atoms with Crippen molar-refractivity contribution >= 4 is 28.5 Å². The van der Waals surface area contributed by atoms with Crippen molar-refractivity contribution in [2.45, 2.75) is 29.2 Å². The van der Waals surface area contributed by atoms with E-state index in [1.165, 1.54) is 12.8 Å². The van der Waals surface area contributed by atoms with E-state index in [9.17, 15) is 4.79 Å². The molecule has 66 valence electrons. The molecular weight excluding hydrogens is 265 g/mol. The molecule has 0 bridgehead atoms. The predicted molar refractivity (Wildman–Crippen MR) is 56.2 cm³/mol. The molecule has 1 aliphatic heterocycles. The van der Waals surface area contributed by atoms with Gasteiger partial charge >= 0.3 is 0 Å². The molecule has 0 radical (unpaired) electrons. The zero-order chi connectivity index (χ0) is 8.55. The van der Waals surface area contributed by atoms with Crippen LogP contribution in [0.3, 0.4) is 0 Å². The van der Waals surface area contributed by atoms with Crippen LogP contribution in [-0.4, -0.2) is 15.9 Å². The molecule has 1 aliphatic carbocycles. The van der Waals surface area contributed by atoms with Crippen LogP contribution in [0.15, 0.2) is 12.2 Å². The molecule has 2 rings (SSSR count). The summed E-state index contributed by atoms with van der Waals surface area (Å²) in [6, 6.07) is 0.425. The van der Waals surface area contributed by atoms with Gasteiger partial charge in [0.05, 0.1) is 0 Å². The van der Waals surface area contributed by atoms with Crippen molar-refractivity contribution in [3.63, 3.8) is 0 Å². The van der Waals surface area contributed by atoms with Crippen molar-refractivity contribution in [3.8, 4) is 0 Å². The Morgan fingerprint density at radius 2 is 2.33 bits per heavy atom. The van der Waals surface area contributed by atoms with Gasteiger partial charge in [0.25, 0.3) is 0 Å². The Bertz CT molecular complexity index is 227. The highest BCUT2D eigenvalue weighted by atomic mass is 127. The topological polar surface area (TPSA) is 29.1 Å². The summed E-state index contributed by atoms with van der Waals surface area (Å²) in [5, 5.41) is 3.01. The summed E-state index contributed by atoms with van der Waals surface area (Å²) in [7, 11) is 0. The van der Waals surface area contributed by atoms with E-state index in [-0.39, 0.29) is 5.91 Å². The average Bonchev–Trinajstić information content (AvgIpc) is 2.05. The van der Waals surface area contributed by atoms with Gasteiger partial charge < -0.3 is 5.32 Å². The first kappa shape index (κ1) is 8.53. The van der Waals surface area contributed by atoms with Gasteiger partial charge in [-0.05, 0) is 31.3 Å². The number of hydrogen-bond donors (Lipinski definition) is 1. The third kappa shape index (κ3) is 1.65. The summed E-state index contributed by atoms with van der Waals surface area (Å²) in [6.07, 6.45) is 7.37. The fraction of sp³-hybridized carbons (Fsp3) is 0.667. The summed E-state index contributed by atoms with van der Waals surface area (Å²) in [5.41, 5.74) is 0. The maximum atomic E-state index is 11.0. The van der Waals surface area contributed by atoms with Crippen LogP contribution in [0, 0.1) is 5.92 Å². The molecule has 1 heterocycles. The Labute approximate surface area is 85.9 Å². The largest absolute Gasteiger partial charge is 0.349 e. The number of carbonyl (C=O) groups is 1. The normalized spacial score (nSPS) is 40.4. The number of halogens is 1. The van der Waals surface area contributed by atoms with E-state index in [0.717, 1.165) is 10.3 Å². The standard InChI is InChI=1S/C9H12INO/c10-7-2-3-8-6(5-7)1-4-9(12)11-8/h1,4,6-8H,2-3,5H2,(H,11,12). The van der Waals surface area contributed by atoms with Gasteiger partial charge in [0.2, 0.25) is 5.91 Å². The Balaban J connectivity index is 2.09. The Kier molecular flexibility index (Phi) is 2.39. The molecule has 0 aromatic heterocycles. The van der Waals surface area contributed by atoms with Crippen LogP contribution in [0.1, 0.15) is 19.3 Å². The van der Waals surface area contributed by atoms with E-state index < -0.39 is 0 Å². The monoisotopic (exact) mass is 277 g/mol. The molecule has 0 spiro atoms. The molecule has 3 unspecified atom stereocenters. The lowest BCUT2D eigenvalue weighted by molar-refractivity contribution is -0.118. The number of nitrogens with one attached hydrogen (secondary N) is 1. The summed E-state index contributed by atoms with van der Waals surface area (Å²) < 4.78 is 0.795. The van der Waals surface area contributed by atoms with Gasteiger partial charge in [0.1, 0.15) is 0 Å². The lowest BCUT2D eigenvalue weighted by atomic mass is 9.83. The quantitative estimate of drug-likeness (QED) is 0.529. The van der Waals surface area contributed by atoms with E-state index in [2.05, 4.69) is 34.0 Å². The van der Waals surface area contributed by atoms with Gasteiger partial charge in [-0.15, -0.1) is 0 Å². The summed E-state index contributed by atoms with van der Waals surface area (Å²) in [4.78, 5) is 11.0. The molecule has 3 atom stereocenters. The summed E-state index contributed by atoms with van der Waals surface area (Å²) >= 11 is 2.50. The second kappa shape index (κ2) is 3.36. The molecule has 0 aromatic carbocycles. The minimum Gasteiger partial charge on any atom is -0.349 e. The van der Waals surface area contributed by atoms with Crippen molar-refractivity contribution in [2.75, 3.05) is 0 Å². The lowest BCUT2D eigenvalue weighted by Gasteiger charge is -2.34. The average molecular weight is 277 g/mol. The van der Waals surface area contributed by atoms with Crippen LogP contribution in [0.25, 0.3) is 0 Å². The summed E-state index contributed by atoms with van der Waals surface area (Å²) in [5.74, 6) is 0.682. The molecule has 1 fully saturated rings. The number of hydrogen-bond acceptors (Lipinski definition) is 1. The molecule has 3 heteroatoms. The van der Waals surface area contributed by atoms with Crippen molar-refractivity contribution in [1.82, 2.24) is 5.32 Å². The Hall–Kier alpha value is -0.0600. The molecule has 2 nitrogen and oxygen atoms in total. The first-order valence-corrected chi connectivity index (χ1v) is 5.63. The third-order valence-corrected chi connectivity index (χ3v) is 3.79. The number of rotatable bonds is 0. The summed E-state index contributed by atoms with van der Waals surface area (Å²) in [6.45, 7) is 0. The molecular formula is C9H12INO. The second-order valence-corrected chi connectivity index (χ2v) is 5.31. The predicted octanol–water partition coefficient (Wildman–Crippen LogP) is 1.64. The van der Waals surface area contributed by atoms with Crippen LogP contribution in [-0.2, 0) is 4.79 Å². The van der Waals surface area contributed by atoms with E-state index in [1.54, 1.807) is 6.08 Å². The number of amides is 1. The zero-order valence-electron chi connectivity index (χ0n) is 6.79. The van der Waals surface area contributed by atoms with Crippen molar-refractivity contribution in [3.05, 3.63) is 12.2 Å². The molecule has 12 heavy (non-hydrogen) atoms. The SMILES string of the molecule is O=C1C=CC2CC(I)CCC2N1. The van der Waals surface area contributed by atoms with E-state index in [0.29, 0.717) is 12.0 Å². The lowest BCUT2D eigenvalue weighted by Crippen LogP contribution is -2.45. The molecule has 0 saturated heterocycles. The Morgan fingerprint density at radius 1 is 1.50 bits per heavy atom. The highest BCUT2D eigenvalue weighted by Gasteiger charge is 2.30. The van der Waals surface area contributed by atoms with E-state index in [1.807, 2.05) is 0 Å². The number of alkyl halides is 1. The first-order chi connectivity index (χ1) is 5.75. The zero-order valence-corrected chi connectivity index (χ0v) is 8.95. The van der Waals surface area contributed by atoms with Gasteiger partial charge in [-0.3, -0.25) is 4.79 Å². The first-order valence-electron chi connectivity index (χ1n) is 4.38. The fourth-order valence-corrected chi connectivity index (χ4v) is 2.93. The molecule has 2 aliphatic rings. The van der Waals surface area contributed by atoms with Crippen LogP contribution in [0.5, 0.6) is 0 Å². The fourth-order valence-electron chi connectivity index (χ4n) is 1.99. The highest BCUT2D eigenvalue weighted by molar-refractivity contribution is 14.1. The Morgan fingerprint density at radius 3 is 3.17 bits per heavy atom. The minimum absolute atomic E-state index is 0.0863. The van der Waals surface area contributed by atoms with E-state index in [4.69, 9.17) is 0 Å². The van der Waals surface area contributed by atoms with Gasteiger partial charge in [-0.1, -0.05) is 28.7 Å². The molecule has 1 amide bonds. The molecule has 1 N–H and O–H groups in total. The van der Waals surface area contributed by atoms with Crippen LogP contribution >= 0.6 is 22.6 Å². The number of carbonyl (C=O) groups excluding carboxylic acids is 1. The minimum atomic E-state index is 0.0863. The van der Waals surface area contributed by atoms with Crippen LogP contribution in [0.4, 0.5) is 0 Å². The van der Waals surface area contributed by atoms with Gasteiger partial charge in [-0.25, -0.2) is 0 Å². The smallest absolute Gasteiger partial charge is 0.243 e. The molecule has 0 aromatic rings. The van der Waals surface area contributed by atoms with Gasteiger partial charge in [0, 0.05) is 9.97 Å². The number of fused-ring (bicyclic) bond motifs is 1. The van der Waals surface area contributed by atoms with Crippen LogP contribution in [0.2, 0.25) is 0 Å². The maximum absolute atomic E-state index is 11.0. The van der Waals surface area contributed by atoms with Crippen molar-refractivity contribution in [1.29, 1.82) is 0 Å². The second-order valence-electron chi connectivity index (χ2n) is 3.55. The van der Waals surface area contributed by atoms with Crippen molar-refractivity contribution < 1.29 is 4.79 Å². The van der Waals surface area contributed by atoms with Gasteiger partial charge in [-0.2, -0.15) is 0 Å². The van der Waals surface area contributed by atoms with Crippen molar-refractivity contribution in [2.24, 2.45) is 5.92 Å². The van der Waals surface area contributed by atoms with Crippen LogP contribution < -0.4 is 5.32 Å². The van der Waals surface area contributed by atoms with E-state index >= 15 is 0 Å². The highest BCUT2D eigenvalue weighted by Crippen LogP contribution is 2.31.